The molecule has 0 amide bonds. The standard InChI is InChI=1S/C9H4FN2.K/c1-2-7-6-12-5-3-4-8(10)9(12)11-7;/h1,4-6H;/q-1;+1. The molecule has 2 heterocycles. The molecule has 0 atom stereocenters. The Bertz CT molecular complexity index is 470. The molecule has 13 heavy (non-hydrogen) atoms. The van der Waals surface area contributed by atoms with E-state index in [-0.39, 0.29) is 57.0 Å². The maximum atomic E-state index is 13.0. The molecule has 58 valence electrons. The van der Waals surface area contributed by atoms with Crippen LogP contribution in [0.4, 0.5) is 4.39 Å². The molecule has 0 N–H and O–H groups in total. The molecule has 0 aliphatic rings. The van der Waals surface area contributed by atoms with E-state index in [1.54, 1.807) is 12.4 Å². The number of aromatic nitrogens is 2. The van der Waals surface area contributed by atoms with Gasteiger partial charge in [0, 0.05) is 12.0 Å². The zero-order chi connectivity index (χ0) is 8.55. The molecule has 0 saturated carbocycles. The predicted octanol–water partition coefficient (Wildman–Crippen LogP) is -1.74. The molecule has 0 saturated heterocycles. The van der Waals surface area contributed by atoms with Crippen LogP contribution in [0.15, 0.2) is 18.5 Å². The average molecular weight is 198 g/mol. The van der Waals surface area contributed by atoms with Gasteiger partial charge < -0.3 is 8.79 Å². The number of hydrogen-bond donors (Lipinski definition) is 0. The molecular formula is C9H4FKN2. The third-order valence-corrected chi connectivity index (χ3v) is 1.52. The topological polar surface area (TPSA) is 17.3 Å². The van der Waals surface area contributed by atoms with Gasteiger partial charge in [-0.15, -0.1) is 6.42 Å². The molecule has 0 aliphatic carbocycles. The van der Waals surface area contributed by atoms with Crippen molar-refractivity contribution in [1.82, 2.24) is 9.38 Å². The number of pyridine rings is 1. The quantitative estimate of drug-likeness (QED) is 0.279. The number of hydrogen-bond acceptors (Lipinski definition) is 1. The summed E-state index contributed by atoms with van der Waals surface area (Å²) in [7, 11) is 0. The smallest absolute Gasteiger partial charge is 0.337 e. The van der Waals surface area contributed by atoms with Gasteiger partial charge in [-0.25, -0.2) is 11.1 Å². The first-order valence-electron chi connectivity index (χ1n) is 3.32. The number of terminal acetylenes is 1. The fourth-order valence-electron chi connectivity index (χ4n) is 0.994. The Morgan fingerprint density at radius 1 is 1.62 bits per heavy atom. The molecule has 0 unspecified atom stereocenters. The Hall–Kier alpha value is -0.184. The largest absolute Gasteiger partial charge is 1.00 e. The van der Waals surface area contributed by atoms with E-state index in [1.165, 1.54) is 10.5 Å². The van der Waals surface area contributed by atoms with Crippen molar-refractivity contribution in [3.63, 3.8) is 0 Å². The Morgan fingerprint density at radius 2 is 2.38 bits per heavy atom. The predicted molar refractivity (Wildman–Crippen MR) is 41.9 cm³/mol. The van der Waals surface area contributed by atoms with E-state index in [0.29, 0.717) is 5.69 Å². The molecule has 0 aliphatic heterocycles. The van der Waals surface area contributed by atoms with Crippen LogP contribution >= 0.6 is 0 Å². The zero-order valence-corrected chi connectivity index (χ0v) is 10.2. The van der Waals surface area contributed by atoms with Crippen LogP contribution in [0.25, 0.3) is 5.65 Å². The van der Waals surface area contributed by atoms with Gasteiger partial charge in [0.25, 0.3) is 0 Å². The summed E-state index contributed by atoms with van der Waals surface area (Å²) in [4.78, 5) is 3.86. The van der Waals surface area contributed by atoms with Gasteiger partial charge in [-0.3, -0.25) is 0 Å². The van der Waals surface area contributed by atoms with Crippen molar-refractivity contribution in [3.8, 4) is 12.3 Å². The zero-order valence-electron chi connectivity index (χ0n) is 7.08. The second-order valence-electron chi connectivity index (χ2n) is 2.29. The molecule has 0 aromatic carbocycles. The van der Waals surface area contributed by atoms with Gasteiger partial charge in [0.2, 0.25) is 0 Å². The molecular weight excluding hydrogens is 194 g/mol. The van der Waals surface area contributed by atoms with Crippen molar-refractivity contribution < 1.29 is 55.8 Å². The van der Waals surface area contributed by atoms with E-state index in [9.17, 15) is 4.39 Å². The first-order valence-corrected chi connectivity index (χ1v) is 3.32. The van der Waals surface area contributed by atoms with Gasteiger partial charge in [-0.05, 0) is 5.92 Å². The summed E-state index contributed by atoms with van der Waals surface area (Å²) in [5.74, 6) is 1.91. The fourth-order valence-corrected chi connectivity index (χ4v) is 0.994. The van der Waals surface area contributed by atoms with E-state index in [0.717, 1.165) is 0 Å². The van der Waals surface area contributed by atoms with E-state index in [1.807, 2.05) is 0 Å². The molecule has 0 fully saturated rings. The molecule has 2 aromatic rings. The van der Waals surface area contributed by atoms with Gasteiger partial charge in [0.05, 0.1) is 5.65 Å². The van der Waals surface area contributed by atoms with Crippen molar-refractivity contribution >= 4 is 5.65 Å². The SMILES string of the molecule is C#Cc1cn2c[c-]cc(F)c2n1.[K+]. The van der Waals surface area contributed by atoms with Crippen LogP contribution in [0, 0.1) is 24.2 Å². The van der Waals surface area contributed by atoms with Crippen molar-refractivity contribution in [2.45, 2.75) is 0 Å². The summed E-state index contributed by atoms with van der Waals surface area (Å²) in [6.07, 6.45) is 8.26. The molecule has 2 nitrogen and oxygen atoms in total. The molecule has 0 spiro atoms. The summed E-state index contributed by atoms with van der Waals surface area (Å²) in [5, 5.41) is 0. The van der Waals surface area contributed by atoms with Crippen molar-refractivity contribution in [2.75, 3.05) is 0 Å². The van der Waals surface area contributed by atoms with Crippen LogP contribution in [0.3, 0.4) is 0 Å². The van der Waals surface area contributed by atoms with Crippen LogP contribution in [0.1, 0.15) is 5.69 Å². The summed E-state index contributed by atoms with van der Waals surface area (Å²) >= 11 is 0. The first-order chi connectivity index (χ1) is 5.81. The van der Waals surface area contributed by atoms with Crippen molar-refractivity contribution in [3.05, 3.63) is 36.0 Å². The Labute approximate surface area is 118 Å². The Balaban J connectivity index is 0.000000845. The van der Waals surface area contributed by atoms with E-state index in [4.69, 9.17) is 6.42 Å². The number of rotatable bonds is 0. The molecule has 0 radical (unpaired) electrons. The molecule has 2 rings (SSSR count). The van der Waals surface area contributed by atoms with Crippen LogP contribution in [0.5, 0.6) is 0 Å². The third-order valence-electron chi connectivity index (χ3n) is 1.52. The van der Waals surface area contributed by atoms with Crippen molar-refractivity contribution in [2.24, 2.45) is 0 Å². The summed E-state index contributed by atoms with van der Waals surface area (Å²) in [6.45, 7) is 0. The van der Waals surface area contributed by atoms with Crippen LogP contribution in [-0.2, 0) is 0 Å². The number of halogens is 1. The Kier molecular flexibility index (Phi) is 3.65. The molecule has 0 bridgehead atoms. The van der Waals surface area contributed by atoms with Gasteiger partial charge in [-0.1, -0.05) is 6.20 Å². The van der Waals surface area contributed by atoms with Crippen molar-refractivity contribution in [1.29, 1.82) is 0 Å². The summed E-state index contributed by atoms with van der Waals surface area (Å²) in [5.41, 5.74) is 0.662. The van der Waals surface area contributed by atoms with Gasteiger partial charge >= 0.3 is 51.4 Å². The number of fused-ring (bicyclic) bond motifs is 1. The maximum Gasteiger partial charge on any atom is 1.00 e. The van der Waals surface area contributed by atoms with Gasteiger partial charge in [0.15, 0.2) is 0 Å². The normalized spacial score (nSPS) is 9.23. The van der Waals surface area contributed by atoms with Gasteiger partial charge in [-0.2, -0.15) is 6.07 Å². The van der Waals surface area contributed by atoms with E-state index in [2.05, 4.69) is 17.0 Å². The van der Waals surface area contributed by atoms with Crippen LogP contribution in [0.2, 0.25) is 0 Å². The average Bonchev–Trinajstić information content (AvgIpc) is 2.49. The van der Waals surface area contributed by atoms with Crippen LogP contribution < -0.4 is 51.4 Å². The third kappa shape index (κ3) is 2.01. The van der Waals surface area contributed by atoms with Crippen LogP contribution in [-0.4, -0.2) is 9.38 Å². The minimum atomic E-state index is -0.418. The Morgan fingerprint density at radius 3 is 3.00 bits per heavy atom. The van der Waals surface area contributed by atoms with E-state index >= 15 is 0 Å². The monoisotopic (exact) mass is 198 g/mol. The molecule has 4 heteroatoms. The maximum absolute atomic E-state index is 13.0. The van der Waals surface area contributed by atoms with Gasteiger partial charge in [0.1, 0.15) is 5.69 Å². The minimum Gasteiger partial charge on any atom is -0.337 e. The molecule has 2 aromatic heterocycles. The first kappa shape index (κ1) is 10.9. The summed E-state index contributed by atoms with van der Waals surface area (Å²) in [6, 6.07) is 3.85. The summed E-state index contributed by atoms with van der Waals surface area (Å²) < 4.78 is 14.5. The minimum absolute atomic E-state index is 0. The number of imidazole rings is 1. The number of nitrogens with zero attached hydrogens (tertiary/aromatic N) is 2. The van der Waals surface area contributed by atoms with E-state index < -0.39 is 5.82 Å². The second-order valence-corrected chi connectivity index (χ2v) is 2.29. The fraction of sp³-hybridized carbons (Fsp3) is 0. The second kappa shape index (κ2) is 4.36.